The first-order chi connectivity index (χ1) is 13.0. The van der Waals surface area contributed by atoms with Crippen molar-refractivity contribution in [1.29, 1.82) is 0 Å². The van der Waals surface area contributed by atoms with Gasteiger partial charge in [-0.05, 0) is 34.2 Å². The highest BCUT2D eigenvalue weighted by Gasteiger charge is 2.15. The number of nitrogens with two attached hydrogens (primary N) is 1. The number of carbonyl (C=O) groups is 1. The molecule has 0 aliphatic carbocycles. The normalized spacial score (nSPS) is 10.7. The minimum absolute atomic E-state index is 0.164. The SMILES string of the molecule is Cc1nc([N+](=O)[O-])cn1CCC(=O)Nc1ccc(-c2n[nH]c(CN)n2)cc1. The number of aromatic nitrogens is 5. The quantitative estimate of drug-likeness (QED) is 0.418. The minimum Gasteiger partial charge on any atom is -0.358 e. The summed E-state index contributed by atoms with van der Waals surface area (Å²) >= 11 is 0. The van der Waals surface area contributed by atoms with Crippen LogP contribution in [0, 0.1) is 17.0 Å². The highest BCUT2D eigenvalue weighted by Crippen LogP contribution is 2.18. The van der Waals surface area contributed by atoms with E-state index >= 15 is 0 Å². The van der Waals surface area contributed by atoms with E-state index in [2.05, 4.69) is 25.5 Å². The first-order valence-electron chi connectivity index (χ1n) is 8.16. The van der Waals surface area contributed by atoms with Gasteiger partial charge < -0.3 is 25.7 Å². The molecule has 0 atom stereocenters. The summed E-state index contributed by atoms with van der Waals surface area (Å²) in [6.45, 7) is 2.24. The molecule has 0 spiro atoms. The summed E-state index contributed by atoms with van der Waals surface area (Å²) in [6.07, 6.45) is 1.49. The van der Waals surface area contributed by atoms with Gasteiger partial charge in [-0.15, -0.1) is 0 Å². The van der Waals surface area contributed by atoms with Crippen LogP contribution in [0.3, 0.4) is 0 Å². The molecule has 1 aromatic carbocycles. The molecule has 0 fully saturated rings. The van der Waals surface area contributed by atoms with E-state index in [4.69, 9.17) is 5.73 Å². The topological polar surface area (TPSA) is 158 Å². The zero-order valence-electron chi connectivity index (χ0n) is 14.5. The standard InChI is InChI=1S/C16H18N8O3/c1-10-18-14(24(26)27)9-23(10)7-6-15(25)19-12-4-2-11(3-5-12)16-20-13(8-17)21-22-16/h2-5,9H,6-8,17H2,1H3,(H,19,25)(H,20,21,22). The van der Waals surface area contributed by atoms with Crippen LogP contribution < -0.4 is 11.1 Å². The monoisotopic (exact) mass is 370 g/mol. The first-order valence-corrected chi connectivity index (χ1v) is 8.16. The van der Waals surface area contributed by atoms with E-state index in [-0.39, 0.29) is 24.7 Å². The second-order valence-corrected chi connectivity index (χ2v) is 5.78. The maximum Gasteiger partial charge on any atom is 0.381 e. The zero-order valence-corrected chi connectivity index (χ0v) is 14.5. The summed E-state index contributed by atoms with van der Waals surface area (Å²) in [7, 11) is 0. The Bertz CT molecular complexity index is 960. The maximum atomic E-state index is 12.1. The molecule has 1 amide bonds. The van der Waals surface area contributed by atoms with Crippen molar-refractivity contribution in [2.45, 2.75) is 26.4 Å². The Morgan fingerprint density at radius 2 is 2.07 bits per heavy atom. The van der Waals surface area contributed by atoms with Gasteiger partial charge in [-0.1, -0.05) is 0 Å². The Hall–Kier alpha value is -3.60. The van der Waals surface area contributed by atoms with Crippen molar-refractivity contribution in [3.05, 3.63) is 52.2 Å². The molecule has 11 nitrogen and oxygen atoms in total. The van der Waals surface area contributed by atoms with Crippen LogP contribution in [0.1, 0.15) is 18.1 Å². The summed E-state index contributed by atoms with van der Waals surface area (Å²) in [5.41, 5.74) is 6.92. The van der Waals surface area contributed by atoms with Crippen LogP contribution in [-0.2, 0) is 17.9 Å². The van der Waals surface area contributed by atoms with Crippen molar-refractivity contribution >= 4 is 17.4 Å². The molecule has 0 bridgehead atoms. The Morgan fingerprint density at radius 1 is 1.33 bits per heavy atom. The number of hydrogen-bond acceptors (Lipinski definition) is 7. The summed E-state index contributed by atoms with van der Waals surface area (Å²) in [4.78, 5) is 30.3. The number of amides is 1. The van der Waals surface area contributed by atoms with E-state index in [0.29, 0.717) is 29.7 Å². The van der Waals surface area contributed by atoms with Crippen molar-refractivity contribution in [3.63, 3.8) is 0 Å². The van der Waals surface area contributed by atoms with Gasteiger partial charge in [-0.25, -0.2) is 4.98 Å². The van der Waals surface area contributed by atoms with Crippen molar-refractivity contribution < 1.29 is 9.72 Å². The number of nitrogens with one attached hydrogen (secondary N) is 2. The molecule has 0 aliphatic rings. The third-order valence-electron chi connectivity index (χ3n) is 3.88. The van der Waals surface area contributed by atoms with Crippen molar-refractivity contribution in [3.8, 4) is 11.4 Å². The van der Waals surface area contributed by atoms with Gasteiger partial charge in [-0.3, -0.25) is 9.89 Å². The number of anilines is 1. The molecule has 2 aromatic heterocycles. The van der Waals surface area contributed by atoms with Gasteiger partial charge >= 0.3 is 5.82 Å². The molecule has 3 aromatic rings. The molecule has 2 heterocycles. The molecule has 0 unspecified atom stereocenters. The Kier molecular flexibility index (Phi) is 5.22. The number of nitrogens with zero attached hydrogens (tertiary/aromatic N) is 5. The lowest BCUT2D eigenvalue weighted by Crippen LogP contribution is -2.14. The van der Waals surface area contributed by atoms with Crippen molar-refractivity contribution in [1.82, 2.24) is 24.7 Å². The van der Waals surface area contributed by atoms with E-state index in [0.717, 1.165) is 5.56 Å². The lowest BCUT2D eigenvalue weighted by atomic mass is 10.2. The highest BCUT2D eigenvalue weighted by molar-refractivity contribution is 5.90. The summed E-state index contributed by atoms with van der Waals surface area (Å²) in [5, 5.41) is 20.3. The van der Waals surface area contributed by atoms with E-state index in [1.165, 1.54) is 6.20 Å². The maximum absolute atomic E-state index is 12.1. The molecule has 0 saturated heterocycles. The number of H-pyrrole nitrogens is 1. The molecule has 3 rings (SSSR count). The average molecular weight is 370 g/mol. The van der Waals surface area contributed by atoms with Crippen LogP contribution >= 0.6 is 0 Å². The third-order valence-corrected chi connectivity index (χ3v) is 3.88. The van der Waals surface area contributed by atoms with Gasteiger partial charge in [0.05, 0.1) is 6.54 Å². The number of benzene rings is 1. The highest BCUT2D eigenvalue weighted by atomic mass is 16.6. The fourth-order valence-electron chi connectivity index (χ4n) is 2.47. The molecular weight excluding hydrogens is 352 g/mol. The van der Waals surface area contributed by atoms with Crippen molar-refractivity contribution in [2.75, 3.05) is 5.32 Å². The number of carbonyl (C=O) groups excluding carboxylic acids is 1. The summed E-state index contributed by atoms with van der Waals surface area (Å²) < 4.78 is 1.58. The van der Waals surface area contributed by atoms with Crippen LogP contribution in [0.4, 0.5) is 11.5 Å². The van der Waals surface area contributed by atoms with E-state index < -0.39 is 4.92 Å². The van der Waals surface area contributed by atoms with Crippen LogP contribution in [0.5, 0.6) is 0 Å². The van der Waals surface area contributed by atoms with Gasteiger partial charge in [0.1, 0.15) is 12.0 Å². The number of nitro groups is 1. The van der Waals surface area contributed by atoms with Gasteiger partial charge in [0, 0.05) is 31.1 Å². The lowest BCUT2D eigenvalue weighted by molar-refractivity contribution is -0.389. The molecule has 4 N–H and O–H groups in total. The van der Waals surface area contributed by atoms with Gasteiger partial charge in [-0.2, -0.15) is 5.10 Å². The number of aromatic amines is 1. The van der Waals surface area contributed by atoms with E-state index in [1.54, 1.807) is 35.8 Å². The molecule has 0 aliphatic heterocycles. The molecule has 140 valence electrons. The number of rotatable bonds is 7. The van der Waals surface area contributed by atoms with E-state index in [9.17, 15) is 14.9 Å². The molecular formula is C16H18N8O3. The van der Waals surface area contributed by atoms with E-state index in [1.807, 2.05) is 0 Å². The number of aryl methyl sites for hydroxylation is 2. The number of hydrogen-bond donors (Lipinski definition) is 3. The van der Waals surface area contributed by atoms with Crippen molar-refractivity contribution in [2.24, 2.45) is 5.73 Å². The van der Waals surface area contributed by atoms with Gasteiger partial charge in [0.25, 0.3) is 0 Å². The first kappa shape index (κ1) is 18.2. The lowest BCUT2D eigenvalue weighted by Gasteiger charge is -2.06. The second kappa shape index (κ2) is 7.74. The fourth-order valence-corrected chi connectivity index (χ4v) is 2.47. The third kappa shape index (κ3) is 4.33. The van der Waals surface area contributed by atoms with Gasteiger partial charge in [0.15, 0.2) is 5.82 Å². The largest absolute Gasteiger partial charge is 0.381 e. The zero-order chi connectivity index (χ0) is 19.4. The predicted molar refractivity (Wildman–Crippen MR) is 96.6 cm³/mol. The summed E-state index contributed by atoms with van der Waals surface area (Å²) in [6, 6.07) is 7.09. The second-order valence-electron chi connectivity index (χ2n) is 5.78. The van der Waals surface area contributed by atoms with Crippen LogP contribution in [0.15, 0.2) is 30.5 Å². The van der Waals surface area contributed by atoms with Crippen LogP contribution in [-0.4, -0.2) is 35.6 Å². The molecule has 27 heavy (non-hydrogen) atoms. The van der Waals surface area contributed by atoms with Gasteiger partial charge in [0.2, 0.25) is 11.7 Å². The Labute approximate surface area is 153 Å². The molecule has 0 radical (unpaired) electrons. The molecule has 0 saturated carbocycles. The fraction of sp³-hybridized carbons (Fsp3) is 0.250. The Morgan fingerprint density at radius 3 is 2.67 bits per heavy atom. The predicted octanol–water partition coefficient (Wildman–Crippen LogP) is 1.37. The average Bonchev–Trinajstić information content (AvgIpc) is 3.27. The summed E-state index contributed by atoms with van der Waals surface area (Å²) in [5.74, 6) is 1.18. The molecule has 11 heteroatoms. The minimum atomic E-state index is -0.560. The smallest absolute Gasteiger partial charge is 0.358 e. The van der Waals surface area contributed by atoms with Crippen LogP contribution in [0.25, 0.3) is 11.4 Å². The number of imidazole rings is 1. The Balaban J connectivity index is 1.57. The van der Waals surface area contributed by atoms with Crippen LogP contribution in [0.2, 0.25) is 0 Å².